The van der Waals surface area contributed by atoms with Crippen LogP contribution in [0.3, 0.4) is 0 Å². The van der Waals surface area contributed by atoms with Crippen LogP contribution in [0.1, 0.15) is 30.1 Å². The largest absolute Gasteiger partial charge is 0.497 e. The fourth-order valence-corrected chi connectivity index (χ4v) is 3.68. The lowest BCUT2D eigenvalue weighted by Crippen LogP contribution is -2.53. The van der Waals surface area contributed by atoms with Gasteiger partial charge < -0.3 is 19.9 Å². The van der Waals surface area contributed by atoms with Gasteiger partial charge in [0.05, 0.1) is 7.11 Å². The Balaban J connectivity index is 1.56. The van der Waals surface area contributed by atoms with Crippen LogP contribution in [0.2, 0.25) is 0 Å². The van der Waals surface area contributed by atoms with Gasteiger partial charge in [-0.05, 0) is 44.5 Å². The van der Waals surface area contributed by atoms with Crippen molar-refractivity contribution in [1.82, 2.24) is 15.1 Å². The van der Waals surface area contributed by atoms with Crippen molar-refractivity contribution in [3.63, 3.8) is 0 Å². The van der Waals surface area contributed by atoms with Crippen molar-refractivity contribution in [3.8, 4) is 5.75 Å². The highest BCUT2D eigenvalue weighted by atomic mass is 16.5. The maximum atomic E-state index is 12.7. The molecule has 2 atom stereocenters. The Morgan fingerprint density at radius 2 is 1.88 bits per heavy atom. The molecule has 6 nitrogen and oxygen atoms in total. The number of piperidine rings is 1. The monoisotopic (exact) mass is 345 g/mol. The molecule has 0 aromatic heterocycles. The Labute approximate surface area is 149 Å². The van der Waals surface area contributed by atoms with E-state index < -0.39 is 0 Å². The van der Waals surface area contributed by atoms with Crippen molar-refractivity contribution in [2.24, 2.45) is 5.92 Å². The molecule has 0 spiro atoms. The fourth-order valence-electron chi connectivity index (χ4n) is 3.68. The zero-order valence-corrected chi connectivity index (χ0v) is 15.0. The van der Waals surface area contributed by atoms with E-state index in [4.69, 9.17) is 4.74 Å². The second-order valence-electron chi connectivity index (χ2n) is 6.93. The number of hydrogen-bond acceptors (Lipinski definition) is 4. The molecule has 0 saturated carbocycles. The lowest BCUT2D eigenvalue weighted by atomic mass is 9.92. The molecule has 2 saturated heterocycles. The van der Waals surface area contributed by atoms with E-state index >= 15 is 0 Å². The van der Waals surface area contributed by atoms with Crippen LogP contribution < -0.4 is 10.1 Å². The standard InChI is InChI=1S/C19H27N3O3/c1-14-12-16(6-7-20-14)19(24)22-10-8-21(9-11-22)18(23)15-4-3-5-17(13-15)25-2/h3-5,13-14,16,20H,6-12H2,1-2H3/t14-,16-/m0/s1. The molecule has 2 heterocycles. The highest BCUT2D eigenvalue weighted by Crippen LogP contribution is 2.20. The average molecular weight is 345 g/mol. The molecule has 1 aromatic rings. The number of hydrogen-bond donors (Lipinski definition) is 1. The molecule has 0 unspecified atom stereocenters. The Bertz CT molecular complexity index is 626. The van der Waals surface area contributed by atoms with Gasteiger partial charge in [0.15, 0.2) is 0 Å². The van der Waals surface area contributed by atoms with Crippen molar-refractivity contribution in [3.05, 3.63) is 29.8 Å². The Morgan fingerprint density at radius 1 is 1.16 bits per heavy atom. The molecule has 25 heavy (non-hydrogen) atoms. The van der Waals surface area contributed by atoms with Gasteiger partial charge in [0, 0.05) is 43.7 Å². The van der Waals surface area contributed by atoms with Crippen molar-refractivity contribution >= 4 is 11.8 Å². The van der Waals surface area contributed by atoms with Crippen molar-refractivity contribution in [2.75, 3.05) is 39.8 Å². The van der Waals surface area contributed by atoms with Crippen molar-refractivity contribution in [2.45, 2.75) is 25.8 Å². The van der Waals surface area contributed by atoms with Gasteiger partial charge in [-0.15, -0.1) is 0 Å². The van der Waals surface area contributed by atoms with Crippen LogP contribution in [0.25, 0.3) is 0 Å². The van der Waals surface area contributed by atoms with E-state index in [-0.39, 0.29) is 17.7 Å². The molecule has 0 bridgehead atoms. The number of rotatable bonds is 3. The van der Waals surface area contributed by atoms with Crippen LogP contribution in [-0.4, -0.2) is 67.5 Å². The van der Waals surface area contributed by atoms with Crippen LogP contribution >= 0.6 is 0 Å². The molecule has 2 aliphatic heterocycles. The van der Waals surface area contributed by atoms with E-state index in [1.807, 2.05) is 21.9 Å². The lowest BCUT2D eigenvalue weighted by molar-refractivity contribution is -0.138. The number of methoxy groups -OCH3 is 1. The first-order chi connectivity index (χ1) is 12.1. The van der Waals surface area contributed by atoms with Gasteiger partial charge in [0.25, 0.3) is 5.91 Å². The van der Waals surface area contributed by atoms with Gasteiger partial charge in [-0.1, -0.05) is 6.07 Å². The van der Waals surface area contributed by atoms with Gasteiger partial charge in [-0.2, -0.15) is 0 Å². The van der Waals surface area contributed by atoms with E-state index in [0.29, 0.717) is 43.5 Å². The summed E-state index contributed by atoms with van der Waals surface area (Å²) in [5, 5.41) is 3.39. The summed E-state index contributed by atoms with van der Waals surface area (Å²) in [7, 11) is 1.59. The van der Waals surface area contributed by atoms with E-state index in [1.54, 1.807) is 19.2 Å². The highest BCUT2D eigenvalue weighted by Gasteiger charge is 2.31. The third-order valence-electron chi connectivity index (χ3n) is 5.17. The summed E-state index contributed by atoms with van der Waals surface area (Å²) < 4.78 is 5.19. The second kappa shape index (κ2) is 7.87. The van der Waals surface area contributed by atoms with Crippen molar-refractivity contribution < 1.29 is 14.3 Å². The summed E-state index contributed by atoms with van der Waals surface area (Å²) in [6.45, 7) is 5.44. The Morgan fingerprint density at radius 3 is 2.56 bits per heavy atom. The van der Waals surface area contributed by atoms with Gasteiger partial charge in [-0.25, -0.2) is 0 Å². The van der Waals surface area contributed by atoms with Gasteiger partial charge in [0.2, 0.25) is 5.91 Å². The predicted molar refractivity (Wildman–Crippen MR) is 95.7 cm³/mol. The number of nitrogens with one attached hydrogen (secondary N) is 1. The molecule has 3 rings (SSSR count). The third kappa shape index (κ3) is 4.12. The number of carbonyl (C=O) groups is 2. The first-order valence-electron chi connectivity index (χ1n) is 9.04. The van der Waals surface area contributed by atoms with Crippen molar-refractivity contribution in [1.29, 1.82) is 0 Å². The van der Waals surface area contributed by atoms with E-state index in [2.05, 4.69) is 12.2 Å². The average Bonchev–Trinajstić information content (AvgIpc) is 2.67. The molecule has 136 valence electrons. The van der Waals surface area contributed by atoms with Crippen LogP contribution in [0.4, 0.5) is 0 Å². The van der Waals surface area contributed by atoms with Crippen LogP contribution in [0.15, 0.2) is 24.3 Å². The summed E-state index contributed by atoms with van der Waals surface area (Å²) >= 11 is 0. The maximum absolute atomic E-state index is 12.7. The summed E-state index contributed by atoms with van der Waals surface area (Å²) in [5.41, 5.74) is 0.631. The Kier molecular flexibility index (Phi) is 5.58. The fraction of sp³-hybridized carbons (Fsp3) is 0.579. The molecule has 6 heteroatoms. The van der Waals surface area contributed by atoms with E-state index in [1.165, 1.54) is 0 Å². The van der Waals surface area contributed by atoms with E-state index in [9.17, 15) is 9.59 Å². The number of nitrogens with zero attached hydrogens (tertiary/aromatic N) is 2. The first-order valence-corrected chi connectivity index (χ1v) is 9.04. The predicted octanol–water partition coefficient (Wildman–Crippen LogP) is 1.37. The number of carbonyl (C=O) groups excluding carboxylic acids is 2. The van der Waals surface area contributed by atoms with Crippen LogP contribution in [0, 0.1) is 5.92 Å². The molecule has 2 aliphatic rings. The molecule has 1 N–H and O–H groups in total. The molecular weight excluding hydrogens is 318 g/mol. The summed E-state index contributed by atoms with van der Waals surface area (Å²) in [6.07, 6.45) is 1.81. The Hall–Kier alpha value is -2.08. The second-order valence-corrected chi connectivity index (χ2v) is 6.93. The number of amides is 2. The van der Waals surface area contributed by atoms with Crippen LogP contribution in [0.5, 0.6) is 5.75 Å². The molecule has 0 radical (unpaired) electrons. The third-order valence-corrected chi connectivity index (χ3v) is 5.17. The quantitative estimate of drug-likeness (QED) is 0.899. The minimum absolute atomic E-state index is 0.00138. The molecule has 1 aromatic carbocycles. The molecule has 2 amide bonds. The number of ether oxygens (including phenoxy) is 1. The maximum Gasteiger partial charge on any atom is 0.254 e. The normalized spacial score (nSPS) is 24.1. The molecular formula is C19H27N3O3. The summed E-state index contributed by atoms with van der Waals surface area (Å²) in [6, 6.07) is 7.62. The summed E-state index contributed by atoms with van der Waals surface area (Å²) in [4.78, 5) is 29.1. The smallest absolute Gasteiger partial charge is 0.254 e. The molecule has 2 fully saturated rings. The summed E-state index contributed by atoms with van der Waals surface area (Å²) in [5.74, 6) is 1.06. The topological polar surface area (TPSA) is 61.9 Å². The van der Waals surface area contributed by atoms with Crippen LogP contribution in [-0.2, 0) is 4.79 Å². The minimum Gasteiger partial charge on any atom is -0.497 e. The lowest BCUT2D eigenvalue weighted by Gasteiger charge is -2.38. The minimum atomic E-state index is 0.00138. The molecule has 0 aliphatic carbocycles. The van der Waals surface area contributed by atoms with Gasteiger partial charge in [-0.3, -0.25) is 9.59 Å². The van der Waals surface area contributed by atoms with Gasteiger partial charge in [0.1, 0.15) is 5.75 Å². The number of piperazine rings is 1. The van der Waals surface area contributed by atoms with Gasteiger partial charge >= 0.3 is 0 Å². The zero-order chi connectivity index (χ0) is 17.8. The highest BCUT2D eigenvalue weighted by molar-refractivity contribution is 5.94. The van der Waals surface area contributed by atoms with E-state index in [0.717, 1.165) is 19.4 Å². The SMILES string of the molecule is COc1cccc(C(=O)N2CCN(C(=O)[C@H]3CCN[C@@H](C)C3)CC2)c1. The zero-order valence-electron chi connectivity index (χ0n) is 15.0. The number of benzene rings is 1. The first kappa shape index (κ1) is 17.7.